The molecule has 0 unspecified atom stereocenters. The van der Waals surface area contributed by atoms with Gasteiger partial charge >= 0.3 is 0 Å². The third-order valence-electron chi connectivity index (χ3n) is 2.31. The van der Waals surface area contributed by atoms with Crippen molar-refractivity contribution in [3.63, 3.8) is 0 Å². The van der Waals surface area contributed by atoms with E-state index in [9.17, 15) is 9.59 Å². The largest absolute Gasteiger partial charge is 0.496 e. The number of rotatable bonds is 4. The van der Waals surface area contributed by atoms with E-state index in [0.717, 1.165) is 4.47 Å². The van der Waals surface area contributed by atoms with E-state index in [-0.39, 0.29) is 18.4 Å². The summed E-state index contributed by atoms with van der Waals surface area (Å²) in [5, 5.41) is 2.55. The van der Waals surface area contributed by atoms with Crippen LogP contribution in [0.5, 0.6) is 5.75 Å². The molecule has 0 atom stereocenters. The van der Waals surface area contributed by atoms with E-state index in [1.165, 1.54) is 12.0 Å². The second kappa shape index (κ2) is 6.39. The zero-order valence-corrected chi connectivity index (χ0v) is 12.1. The van der Waals surface area contributed by atoms with Crippen LogP contribution in [0.1, 0.15) is 10.4 Å². The Morgan fingerprint density at radius 3 is 2.61 bits per heavy atom. The fraction of sp³-hybridized carbons (Fsp3) is 0.333. The van der Waals surface area contributed by atoms with Crippen LogP contribution in [0.25, 0.3) is 0 Å². The van der Waals surface area contributed by atoms with Crippen molar-refractivity contribution in [2.75, 3.05) is 27.7 Å². The van der Waals surface area contributed by atoms with Crippen LogP contribution in [-0.4, -0.2) is 44.5 Å². The summed E-state index contributed by atoms with van der Waals surface area (Å²) in [6.07, 6.45) is 0. The van der Waals surface area contributed by atoms with Crippen molar-refractivity contribution in [1.29, 1.82) is 0 Å². The van der Waals surface area contributed by atoms with Gasteiger partial charge in [0.2, 0.25) is 5.91 Å². The third-order valence-corrected chi connectivity index (χ3v) is 2.80. The van der Waals surface area contributed by atoms with Gasteiger partial charge < -0.3 is 15.0 Å². The third kappa shape index (κ3) is 3.73. The Kier molecular flexibility index (Phi) is 5.15. The zero-order chi connectivity index (χ0) is 13.7. The quantitative estimate of drug-likeness (QED) is 0.910. The summed E-state index contributed by atoms with van der Waals surface area (Å²) in [4.78, 5) is 24.7. The number of amides is 2. The first-order chi connectivity index (χ1) is 8.45. The van der Waals surface area contributed by atoms with Crippen molar-refractivity contribution in [3.05, 3.63) is 28.2 Å². The summed E-state index contributed by atoms with van der Waals surface area (Å²) < 4.78 is 5.94. The summed E-state index contributed by atoms with van der Waals surface area (Å²) >= 11 is 3.30. The van der Waals surface area contributed by atoms with Gasteiger partial charge in [0, 0.05) is 18.6 Å². The molecule has 0 heterocycles. The molecule has 0 spiro atoms. The standard InChI is InChI=1S/C12H15BrN2O3/c1-15(2)11(16)7-14-12(17)9-5-4-8(13)6-10(9)18-3/h4-6H,7H2,1-3H3,(H,14,17). The number of likely N-dealkylation sites (N-methyl/N-ethyl adjacent to an activating group) is 1. The Labute approximate surface area is 114 Å². The zero-order valence-electron chi connectivity index (χ0n) is 10.5. The lowest BCUT2D eigenvalue weighted by Gasteiger charge is -2.12. The predicted octanol–water partition coefficient (Wildman–Crippen LogP) is 1.28. The van der Waals surface area contributed by atoms with Crippen molar-refractivity contribution < 1.29 is 14.3 Å². The first-order valence-corrected chi connectivity index (χ1v) is 6.07. The maximum atomic E-state index is 11.9. The van der Waals surface area contributed by atoms with Gasteiger partial charge in [-0.1, -0.05) is 15.9 Å². The molecule has 6 heteroatoms. The van der Waals surface area contributed by atoms with Crippen LogP contribution in [0.4, 0.5) is 0 Å². The molecular weight excluding hydrogens is 300 g/mol. The van der Waals surface area contributed by atoms with E-state index in [1.807, 2.05) is 0 Å². The molecule has 1 rings (SSSR count). The van der Waals surface area contributed by atoms with Gasteiger partial charge in [-0.2, -0.15) is 0 Å². The van der Waals surface area contributed by atoms with Crippen molar-refractivity contribution in [2.45, 2.75) is 0 Å². The maximum Gasteiger partial charge on any atom is 0.255 e. The molecule has 1 aromatic rings. The van der Waals surface area contributed by atoms with Gasteiger partial charge in [-0.05, 0) is 18.2 Å². The molecule has 0 aliphatic carbocycles. The highest BCUT2D eigenvalue weighted by Crippen LogP contribution is 2.23. The summed E-state index contributed by atoms with van der Waals surface area (Å²) in [7, 11) is 4.76. The van der Waals surface area contributed by atoms with Gasteiger partial charge in [0.25, 0.3) is 5.91 Å². The van der Waals surface area contributed by atoms with Gasteiger partial charge in [-0.25, -0.2) is 0 Å². The molecule has 1 aromatic carbocycles. The van der Waals surface area contributed by atoms with Crippen LogP contribution >= 0.6 is 15.9 Å². The van der Waals surface area contributed by atoms with Crippen molar-refractivity contribution >= 4 is 27.7 Å². The van der Waals surface area contributed by atoms with Gasteiger partial charge in [-0.3, -0.25) is 9.59 Å². The number of hydrogen-bond acceptors (Lipinski definition) is 3. The fourth-order valence-electron chi connectivity index (χ4n) is 1.26. The topological polar surface area (TPSA) is 58.6 Å². The molecule has 98 valence electrons. The van der Waals surface area contributed by atoms with Gasteiger partial charge in [0.15, 0.2) is 0 Å². The smallest absolute Gasteiger partial charge is 0.255 e. The minimum absolute atomic E-state index is 0.0367. The molecule has 0 bridgehead atoms. The lowest BCUT2D eigenvalue weighted by molar-refractivity contribution is -0.127. The van der Waals surface area contributed by atoms with E-state index in [1.54, 1.807) is 32.3 Å². The number of carbonyl (C=O) groups is 2. The van der Waals surface area contributed by atoms with Crippen LogP contribution in [0.2, 0.25) is 0 Å². The minimum Gasteiger partial charge on any atom is -0.496 e. The van der Waals surface area contributed by atoms with Crippen molar-refractivity contribution in [1.82, 2.24) is 10.2 Å². The monoisotopic (exact) mass is 314 g/mol. The fourth-order valence-corrected chi connectivity index (χ4v) is 1.60. The Bertz CT molecular complexity index is 461. The molecule has 0 radical (unpaired) electrons. The van der Waals surface area contributed by atoms with E-state index in [4.69, 9.17) is 4.74 Å². The molecule has 0 aliphatic heterocycles. The van der Waals surface area contributed by atoms with Gasteiger partial charge in [-0.15, -0.1) is 0 Å². The molecular formula is C12H15BrN2O3. The number of hydrogen-bond donors (Lipinski definition) is 1. The molecule has 0 saturated carbocycles. The molecule has 0 aromatic heterocycles. The number of methoxy groups -OCH3 is 1. The van der Waals surface area contributed by atoms with Gasteiger partial charge in [0.1, 0.15) is 5.75 Å². The van der Waals surface area contributed by atoms with Gasteiger partial charge in [0.05, 0.1) is 19.2 Å². The number of nitrogens with zero attached hydrogens (tertiary/aromatic N) is 1. The maximum absolute atomic E-state index is 11.9. The number of carbonyl (C=O) groups excluding carboxylic acids is 2. The van der Waals surface area contributed by atoms with Crippen LogP contribution in [0, 0.1) is 0 Å². The van der Waals surface area contributed by atoms with Crippen LogP contribution < -0.4 is 10.1 Å². The summed E-state index contributed by atoms with van der Waals surface area (Å²) in [6.45, 7) is -0.0367. The van der Waals surface area contributed by atoms with Crippen LogP contribution in [0.3, 0.4) is 0 Å². The molecule has 2 amide bonds. The number of benzene rings is 1. The van der Waals surface area contributed by atoms with E-state index in [0.29, 0.717) is 11.3 Å². The first-order valence-electron chi connectivity index (χ1n) is 5.27. The van der Waals surface area contributed by atoms with E-state index in [2.05, 4.69) is 21.2 Å². The van der Waals surface area contributed by atoms with Crippen LogP contribution in [-0.2, 0) is 4.79 Å². The Hall–Kier alpha value is -1.56. The highest BCUT2D eigenvalue weighted by atomic mass is 79.9. The molecule has 5 nitrogen and oxygen atoms in total. The highest BCUT2D eigenvalue weighted by molar-refractivity contribution is 9.10. The average Bonchev–Trinajstić information content (AvgIpc) is 2.34. The average molecular weight is 315 g/mol. The van der Waals surface area contributed by atoms with Crippen molar-refractivity contribution in [2.24, 2.45) is 0 Å². The second-order valence-electron chi connectivity index (χ2n) is 3.82. The SMILES string of the molecule is COc1cc(Br)ccc1C(=O)NCC(=O)N(C)C. The van der Waals surface area contributed by atoms with E-state index < -0.39 is 0 Å². The number of ether oxygens (including phenoxy) is 1. The predicted molar refractivity (Wildman–Crippen MR) is 71.7 cm³/mol. The van der Waals surface area contributed by atoms with E-state index >= 15 is 0 Å². The molecule has 0 fully saturated rings. The lowest BCUT2D eigenvalue weighted by Crippen LogP contribution is -2.36. The minimum atomic E-state index is -0.338. The Morgan fingerprint density at radius 1 is 1.39 bits per heavy atom. The highest BCUT2D eigenvalue weighted by Gasteiger charge is 2.14. The summed E-state index contributed by atoms with van der Waals surface area (Å²) in [6, 6.07) is 5.08. The first kappa shape index (κ1) is 14.5. The summed E-state index contributed by atoms with van der Waals surface area (Å²) in [5.74, 6) is -0.0480. The lowest BCUT2D eigenvalue weighted by atomic mass is 10.2. The van der Waals surface area contributed by atoms with Crippen molar-refractivity contribution in [3.8, 4) is 5.75 Å². The second-order valence-corrected chi connectivity index (χ2v) is 4.73. The summed E-state index contributed by atoms with van der Waals surface area (Å²) in [5.41, 5.74) is 0.396. The molecule has 0 saturated heterocycles. The molecule has 18 heavy (non-hydrogen) atoms. The Morgan fingerprint density at radius 2 is 2.06 bits per heavy atom. The molecule has 0 aliphatic rings. The Balaban J connectivity index is 2.75. The normalized spacial score (nSPS) is 9.78. The number of nitrogens with one attached hydrogen (secondary N) is 1. The molecule has 1 N–H and O–H groups in total. The van der Waals surface area contributed by atoms with Crippen LogP contribution in [0.15, 0.2) is 22.7 Å². The number of halogens is 1.